The lowest BCUT2D eigenvalue weighted by Gasteiger charge is -1.97. The summed E-state index contributed by atoms with van der Waals surface area (Å²) in [5.41, 5.74) is 0.101. The van der Waals surface area contributed by atoms with Crippen LogP contribution < -0.4 is 0 Å². The van der Waals surface area contributed by atoms with Gasteiger partial charge in [0.15, 0.2) is 5.70 Å². The second kappa shape index (κ2) is 5.43. The second-order valence-corrected chi connectivity index (χ2v) is 3.23. The van der Waals surface area contributed by atoms with E-state index in [4.69, 9.17) is 10.5 Å². The molecule has 3 N–H and O–H groups in total. The summed E-state index contributed by atoms with van der Waals surface area (Å²) in [7, 11) is 0. The number of carboxylic acids is 1. The standard InChI is InChI=1S/C10H7N7O2/c11-5-8(9-14-16-17-15-9)13-12-7-4-2-1-3-6(7)10(18)19/h1-4,11H,(H,18,19)(H,14,15,16,17). The highest BCUT2D eigenvalue weighted by molar-refractivity contribution is 5.93. The van der Waals surface area contributed by atoms with Gasteiger partial charge in [0.1, 0.15) is 5.69 Å². The maximum absolute atomic E-state index is 11.0. The SMILES string of the molecule is N=C=C(N=Nc1ccccc1C(=O)O)c1nn[nH]n1. The molecule has 0 fully saturated rings. The summed E-state index contributed by atoms with van der Waals surface area (Å²) in [5.74, 6) is 0.929. The van der Waals surface area contributed by atoms with Crippen LogP contribution in [0.25, 0.3) is 5.70 Å². The van der Waals surface area contributed by atoms with Crippen molar-refractivity contribution in [3.05, 3.63) is 35.7 Å². The number of benzene rings is 1. The lowest BCUT2D eigenvalue weighted by molar-refractivity contribution is 0.0698. The molecular formula is C10H7N7O2. The van der Waals surface area contributed by atoms with E-state index in [0.717, 1.165) is 0 Å². The van der Waals surface area contributed by atoms with Crippen molar-refractivity contribution in [3.63, 3.8) is 0 Å². The molecular weight excluding hydrogens is 250 g/mol. The molecule has 0 atom stereocenters. The quantitative estimate of drug-likeness (QED) is 0.558. The van der Waals surface area contributed by atoms with Crippen LogP contribution in [-0.4, -0.2) is 37.6 Å². The van der Waals surface area contributed by atoms with Gasteiger partial charge in [-0.3, -0.25) is 5.41 Å². The van der Waals surface area contributed by atoms with E-state index in [-0.39, 0.29) is 22.8 Å². The number of hydrogen-bond donors (Lipinski definition) is 3. The molecule has 0 amide bonds. The predicted molar refractivity (Wildman–Crippen MR) is 63.2 cm³/mol. The zero-order valence-electron chi connectivity index (χ0n) is 9.40. The van der Waals surface area contributed by atoms with Crippen molar-refractivity contribution in [3.8, 4) is 0 Å². The number of rotatable bonds is 4. The van der Waals surface area contributed by atoms with E-state index in [1.165, 1.54) is 12.1 Å². The van der Waals surface area contributed by atoms with Gasteiger partial charge in [-0.05, 0) is 17.3 Å². The third kappa shape index (κ3) is 2.73. The van der Waals surface area contributed by atoms with Crippen LogP contribution in [0.5, 0.6) is 0 Å². The predicted octanol–water partition coefficient (Wildman–Crippen LogP) is 1.27. The Morgan fingerprint density at radius 3 is 2.84 bits per heavy atom. The molecule has 0 aliphatic carbocycles. The first kappa shape index (κ1) is 12.3. The monoisotopic (exact) mass is 257 g/mol. The number of nitrogens with zero attached hydrogens (tertiary/aromatic N) is 5. The van der Waals surface area contributed by atoms with Crippen LogP contribution in [0.2, 0.25) is 0 Å². The highest BCUT2D eigenvalue weighted by Crippen LogP contribution is 2.20. The summed E-state index contributed by atoms with van der Waals surface area (Å²) < 4.78 is 0. The van der Waals surface area contributed by atoms with Gasteiger partial charge >= 0.3 is 5.97 Å². The first-order valence-electron chi connectivity index (χ1n) is 5.00. The smallest absolute Gasteiger partial charge is 0.337 e. The summed E-state index contributed by atoms with van der Waals surface area (Å²) in [6.07, 6.45) is 0. The highest BCUT2D eigenvalue weighted by Gasteiger charge is 2.09. The van der Waals surface area contributed by atoms with Gasteiger partial charge in [-0.1, -0.05) is 12.1 Å². The summed E-state index contributed by atoms with van der Waals surface area (Å²) in [6.45, 7) is 0. The first-order chi connectivity index (χ1) is 9.22. The number of carbonyl (C=O) groups is 1. The molecule has 0 aliphatic rings. The minimum absolute atomic E-state index is 0.00342. The Morgan fingerprint density at radius 1 is 1.42 bits per heavy atom. The molecule has 0 bridgehead atoms. The fraction of sp³-hybridized carbons (Fsp3) is 0. The number of aromatic carboxylic acids is 1. The fourth-order valence-electron chi connectivity index (χ4n) is 1.23. The maximum atomic E-state index is 11.0. The minimum Gasteiger partial charge on any atom is -0.478 e. The van der Waals surface area contributed by atoms with E-state index in [9.17, 15) is 4.79 Å². The average Bonchev–Trinajstić information content (AvgIpc) is 2.94. The molecule has 0 spiro atoms. The normalized spacial score (nSPS) is 10.3. The maximum Gasteiger partial charge on any atom is 0.337 e. The van der Waals surface area contributed by atoms with Crippen molar-refractivity contribution >= 4 is 23.2 Å². The van der Waals surface area contributed by atoms with Crippen molar-refractivity contribution in [1.29, 1.82) is 5.41 Å². The molecule has 0 unspecified atom stereocenters. The second-order valence-electron chi connectivity index (χ2n) is 3.23. The Kier molecular flexibility index (Phi) is 3.51. The fourth-order valence-corrected chi connectivity index (χ4v) is 1.23. The van der Waals surface area contributed by atoms with Crippen LogP contribution in [0.4, 0.5) is 5.69 Å². The number of carboxylic acid groups (broad SMARTS) is 1. The van der Waals surface area contributed by atoms with Crippen LogP contribution in [0.1, 0.15) is 16.2 Å². The summed E-state index contributed by atoms with van der Waals surface area (Å²) in [5, 5.41) is 36.2. The van der Waals surface area contributed by atoms with E-state index < -0.39 is 5.97 Å². The Hall–Kier alpha value is -3.19. The Morgan fingerprint density at radius 2 is 2.21 bits per heavy atom. The lowest BCUT2D eigenvalue weighted by atomic mass is 10.2. The molecule has 2 aromatic rings. The van der Waals surface area contributed by atoms with Crippen molar-refractivity contribution in [2.24, 2.45) is 10.2 Å². The van der Waals surface area contributed by atoms with Crippen molar-refractivity contribution in [1.82, 2.24) is 20.6 Å². The van der Waals surface area contributed by atoms with Gasteiger partial charge in [0, 0.05) is 5.87 Å². The number of nitrogens with one attached hydrogen (secondary N) is 2. The molecule has 94 valence electrons. The molecule has 0 saturated carbocycles. The largest absolute Gasteiger partial charge is 0.478 e. The topological polar surface area (TPSA) is 140 Å². The molecule has 1 aromatic carbocycles. The Labute approximate surface area is 106 Å². The van der Waals surface area contributed by atoms with Gasteiger partial charge in [0.05, 0.1) is 5.56 Å². The van der Waals surface area contributed by atoms with Gasteiger partial charge in [-0.2, -0.15) is 5.21 Å². The van der Waals surface area contributed by atoms with Crippen LogP contribution >= 0.6 is 0 Å². The van der Waals surface area contributed by atoms with E-state index >= 15 is 0 Å². The number of aromatic amines is 1. The Bertz CT molecular complexity index is 671. The van der Waals surface area contributed by atoms with Crippen LogP contribution in [0, 0.1) is 5.41 Å². The van der Waals surface area contributed by atoms with E-state index in [2.05, 4.69) is 30.9 Å². The van der Waals surface area contributed by atoms with Gasteiger partial charge in [0.25, 0.3) is 0 Å². The molecule has 9 heteroatoms. The summed E-state index contributed by atoms with van der Waals surface area (Å²) in [6, 6.07) is 6.10. The average molecular weight is 257 g/mol. The van der Waals surface area contributed by atoms with Crippen molar-refractivity contribution < 1.29 is 9.90 Å². The van der Waals surface area contributed by atoms with Gasteiger partial charge in [0.2, 0.25) is 5.82 Å². The number of H-pyrrole nitrogens is 1. The van der Waals surface area contributed by atoms with Gasteiger partial charge < -0.3 is 5.11 Å². The number of hydrogen-bond acceptors (Lipinski definition) is 7. The minimum atomic E-state index is -1.12. The highest BCUT2D eigenvalue weighted by atomic mass is 16.4. The van der Waals surface area contributed by atoms with Gasteiger partial charge in [-0.25, -0.2) is 4.79 Å². The van der Waals surface area contributed by atoms with E-state index in [1.807, 2.05) is 5.87 Å². The zero-order valence-corrected chi connectivity index (χ0v) is 9.40. The van der Waals surface area contributed by atoms with E-state index in [0.29, 0.717) is 0 Å². The van der Waals surface area contributed by atoms with Crippen LogP contribution in [0.15, 0.2) is 34.5 Å². The molecule has 0 saturated heterocycles. The Balaban J connectivity index is 2.33. The summed E-state index contributed by atoms with van der Waals surface area (Å²) >= 11 is 0. The molecule has 2 rings (SSSR count). The zero-order chi connectivity index (χ0) is 13.7. The third-order valence-electron chi connectivity index (χ3n) is 2.07. The molecule has 1 aromatic heterocycles. The first-order valence-corrected chi connectivity index (χ1v) is 5.00. The number of tetrazole rings is 1. The summed E-state index contributed by atoms with van der Waals surface area (Å²) in [4.78, 5) is 11.0. The molecule has 0 radical (unpaired) electrons. The number of aromatic nitrogens is 4. The molecule has 9 nitrogen and oxygen atoms in total. The van der Waals surface area contributed by atoms with Gasteiger partial charge in [-0.15, -0.1) is 20.4 Å². The number of azo groups is 1. The molecule has 0 aliphatic heterocycles. The van der Waals surface area contributed by atoms with Crippen LogP contribution in [0.3, 0.4) is 0 Å². The van der Waals surface area contributed by atoms with Crippen LogP contribution in [-0.2, 0) is 0 Å². The molecule has 1 heterocycles. The third-order valence-corrected chi connectivity index (χ3v) is 2.07. The van der Waals surface area contributed by atoms with Crippen molar-refractivity contribution in [2.45, 2.75) is 0 Å². The van der Waals surface area contributed by atoms with Crippen molar-refractivity contribution in [2.75, 3.05) is 0 Å². The lowest BCUT2D eigenvalue weighted by Crippen LogP contribution is -1.95. The van der Waals surface area contributed by atoms with E-state index in [1.54, 1.807) is 12.1 Å². The molecule has 19 heavy (non-hydrogen) atoms.